The minimum Gasteiger partial charge on any atom is -0.493 e. The van der Waals surface area contributed by atoms with Crippen LogP contribution in [0.4, 0.5) is 0 Å². The van der Waals surface area contributed by atoms with Crippen molar-refractivity contribution in [2.75, 3.05) is 13.7 Å². The van der Waals surface area contributed by atoms with Gasteiger partial charge >= 0.3 is 0 Å². The topological polar surface area (TPSA) is 35.5 Å². The van der Waals surface area contributed by atoms with Crippen molar-refractivity contribution in [1.29, 1.82) is 0 Å². The number of methoxy groups -OCH3 is 1. The van der Waals surface area contributed by atoms with Gasteiger partial charge in [-0.3, -0.25) is 4.79 Å². The third-order valence-electron chi connectivity index (χ3n) is 2.73. The number of ether oxygens (including phenoxy) is 2. The van der Waals surface area contributed by atoms with Crippen LogP contribution in [-0.2, 0) is 0 Å². The summed E-state index contributed by atoms with van der Waals surface area (Å²) in [5.41, 5.74) is 0.888. The standard InChI is InChI=1S/C16H15BrO3S/c1-3-20-13-7-5-11(10-14(13)19-2)4-6-12(18)15-8-9-16(17)21-15/h4-10H,3H2,1-2H3/b6-4+. The number of carbonyl (C=O) groups is 1. The highest BCUT2D eigenvalue weighted by Crippen LogP contribution is 2.28. The molecule has 1 aromatic carbocycles. The van der Waals surface area contributed by atoms with Crippen molar-refractivity contribution in [3.8, 4) is 11.5 Å². The molecule has 0 spiro atoms. The van der Waals surface area contributed by atoms with Crippen molar-refractivity contribution in [2.24, 2.45) is 0 Å². The third-order valence-corrected chi connectivity index (χ3v) is 4.37. The Kier molecular flexibility index (Phi) is 5.59. The number of benzene rings is 1. The molecule has 5 heteroatoms. The van der Waals surface area contributed by atoms with E-state index < -0.39 is 0 Å². The molecular formula is C16H15BrO3S. The molecule has 21 heavy (non-hydrogen) atoms. The summed E-state index contributed by atoms with van der Waals surface area (Å²) >= 11 is 4.77. The predicted octanol–water partition coefficient (Wildman–Crippen LogP) is 4.81. The van der Waals surface area contributed by atoms with E-state index in [0.717, 1.165) is 9.35 Å². The molecule has 0 amide bonds. The second-order valence-corrected chi connectivity index (χ2v) is 6.61. The van der Waals surface area contributed by atoms with Gasteiger partial charge in [-0.1, -0.05) is 12.1 Å². The van der Waals surface area contributed by atoms with Crippen LogP contribution in [0.3, 0.4) is 0 Å². The molecule has 0 saturated carbocycles. The Bertz CT molecular complexity index is 661. The highest BCUT2D eigenvalue weighted by molar-refractivity contribution is 9.11. The SMILES string of the molecule is CCOc1ccc(/C=C/C(=O)c2ccc(Br)s2)cc1OC. The van der Waals surface area contributed by atoms with E-state index in [1.807, 2.05) is 31.2 Å². The average Bonchev–Trinajstić information content (AvgIpc) is 2.92. The Morgan fingerprint density at radius 2 is 2.10 bits per heavy atom. The lowest BCUT2D eigenvalue weighted by Crippen LogP contribution is -1.95. The highest BCUT2D eigenvalue weighted by Gasteiger charge is 2.06. The number of hydrogen-bond donors (Lipinski definition) is 0. The van der Waals surface area contributed by atoms with E-state index in [1.54, 1.807) is 25.3 Å². The van der Waals surface area contributed by atoms with Crippen LogP contribution >= 0.6 is 27.3 Å². The van der Waals surface area contributed by atoms with E-state index in [0.29, 0.717) is 23.0 Å². The van der Waals surface area contributed by atoms with Gasteiger partial charge in [0, 0.05) is 0 Å². The number of allylic oxidation sites excluding steroid dienone is 1. The molecule has 0 bridgehead atoms. The maximum atomic E-state index is 12.0. The van der Waals surface area contributed by atoms with Gasteiger partial charge in [-0.25, -0.2) is 0 Å². The molecule has 0 aliphatic carbocycles. The first-order valence-corrected chi connectivity index (χ1v) is 8.03. The van der Waals surface area contributed by atoms with Crippen LogP contribution in [0, 0.1) is 0 Å². The fraction of sp³-hybridized carbons (Fsp3) is 0.188. The molecule has 1 aromatic heterocycles. The number of thiophene rings is 1. The minimum absolute atomic E-state index is 0.0152. The number of carbonyl (C=O) groups excluding carboxylic acids is 1. The van der Waals surface area contributed by atoms with Gasteiger partial charge in [0.25, 0.3) is 0 Å². The lowest BCUT2D eigenvalue weighted by Gasteiger charge is -2.09. The average molecular weight is 367 g/mol. The van der Waals surface area contributed by atoms with Gasteiger partial charge in [-0.05, 0) is 58.8 Å². The quantitative estimate of drug-likeness (QED) is 0.543. The van der Waals surface area contributed by atoms with Crippen molar-refractivity contribution >= 4 is 39.1 Å². The lowest BCUT2D eigenvalue weighted by molar-refractivity contribution is 0.105. The molecule has 0 fully saturated rings. The van der Waals surface area contributed by atoms with E-state index in [1.165, 1.54) is 11.3 Å². The maximum absolute atomic E-state index is 12.0. The molecular weight excluding hydrogens is 352 g/mol. The van der Waals surface area contributed by atoms with Gasteiger partial charge in [0.1, 0.15) is 0 Å². The van der Waals surface area contributed by atoms with Crippen LogP contribution in [-0.4, -0.2) is 19.5 Å². The smallest absolute Gasteiger partial charge is 0.195 e. The highest BCUT2D eigenvalue weighted by atomic mass is 79.9. The van der Waals surface area contributed by atoms with E-state index in [4.69, 9.17) is 9.47 Å². The zero-order chi connectivity index (χ0) is 15.2. The first-order valence-electron chi connectivity index (χ1n) is 6.42. The summed E-state index contributed by atoms with van der Waals surface area (Å²) < 4.78 is 11.7. The predicted molar refractivity (Wildman–Crippen MR) is 89.5 cm³/mol. The monoisotopic (exact) mass is 366 g/mol. The van der Waals surface area contributed by atoms with Crippen molar-refractivity contribution < 1.29 is 14.3 Å². The Morgan fingerprint density at radius 3 is 2.71 bits per heavy atom. The second-order valence-electron chi connectivity index (χ2n) is 4.14. The molecule has 0 N–H and O–H groups in total. The van der Waals surface area contributed by atoms with Crippen LogP contribution in [0.15, 0.2) is 40.2 Å². The maximum Gasteiger partial charge on any atom is 0.195 e. The summed E-state index contributed by atoms with van der Waals surface area (Å²) in [4.78, 5) is 12.7. The zero-order valence-corrected chi connectivity index (χ0v) is 14.2. The Hall–Kier alpha value is -1.59. The number of rotatable bonds is 6. The van der Waals surface area contributed by atoms with Crippen molar-refractivity contribution in [3.63, 3.8) is 0 Å². The number of halogens is 1. The molecule has 2 aromatic rings. The first-order chi connectivity index (χ1) is 10.1. The third kappa shape index (κ3) is 4.19. The summed E-state index contributed by atoms with van der Waals surface area (Å²) in [5, 5.41) is 0. The van der Waals surface area contributed by atoms with E-state index in [2.05, 4.69) is 15.9 Å². The Morgan fingerprint density at radius 1 is 1.29 bits per heavy atom. The number of ketones is 1. The summed E-state index contributed by atoms with van der Waals surface area (Å²) in [6.45, 7) is 2.50. The normalized spacial score (nSPS) is 10.8. The van der Waals surface area contributed by atoms with E-state index in [-0.39, 0.29) is 5.78 Å². The van der Waals surface area contributed by atoms with Crippen molar-refractivity contribution in [3.05, 3.63) is 50.6 Å². The second kappa shape index (κ2) is 7.43. The fourth-order valence-corrected chi connectivity index (χ4v) is 3.07. The van der Waals surface area contributed by atoms with Gasteiger partial charge in [-0.15, -0.1) is 11.3 Å². The van der Waals surface area contributed by atoms with Crippen molar-refractivity contribution in [1.82, 2.24) is 0 Å². The molecule has 0 radical (unpaired) electrons. The molecule has 0 atom stereocenters. The van der Waals surface area contributed by atoms with Crippen LogP contribution in [0.2, 0.25) is 0 Å². The Balaban J connectivity index is 2.15. The lowest BCUT2D eigenvalue weighted by atomic mass is 10.1. The van der Waals surface area contributed by atoms with Gasteiger partial charge in [-0.2, -0.15) is 0 Å². The van der Waals surface area contributed by atoms with Gasteiger partial charge in [0.05, 0.1) is 22.4 Å². The first kappa shape index (κ1) is 15.8. The van der Waals surface area contributed by atoms with E-state index in [9.17, 15) is 4.79 Å². The van der Waals surface area contributed by atoms with Gasteiger partial charge in [0.2, 0.25) is 0 Å². The molecule has 0 aliphatic rings. The van der Waals surface area contributed by atoms with E-state index >= 15 is 0 Å². The van der Waals surface area contributed by atoms with Crippen LogP contribution in [0.25, 0.3) is 6.08 Å². The molecule has 3 nitrogen and oxygen atoms in total. The summed E-state index contributed by atoms with van der Waals surface area (Å²) in [6.07, 6.45) is 3.33. The summed E-state index contributed by atoms with van der Waals surface area (Å²) in [7, 11) is 1.60. The molecule has 2 rings (SSSR count). The number of hydrogen-bond acceptors (Lipinski definition) is 4. The molecule has 0 aliphatic heterocycles. The Labute approximate surface area is 136 Å². The molecule has 110 valence electrons. The van der Waals surface area contributed by atoms with Crippen LogP contribution < -0.4 is 9.47 Å². The minimum atomic E-state index is -0.0152. The largest absolute Gasteiger partial charge is 0.493 e. The molecule has 0 saturated heterocycles. The van der Waals surface area contributed by atoms with Gasteiger partial charge < -0.3 is 9.47 Å². The molecule has 0 unspecified atom stereocenters. The summed E-state index contributed by atoms with van der Waals surface area (Å²) in [6, 6.07) is 9.25. The zero-order valence-electron chi connectivity index (χ0n) is 11.8. The fourth-order valence-electron chi connectivity index (χ4n) is 1.76. The van der Waals surface area contributed by atoms with Crippen molar-refractivity contribution in [2.45, 2.75) is 6.92 Å². The molecule has 1 heterocycles. The summed E-state index contributed by atoms with van der Waals surface area (Å²) in [5.74, 6) is 1.34. The van der Waals surface area contributed by atoms with Gasteiger partial charge in [0.15, 0.2) is 17.3 Å². The van der Waals surface area contributed by atoms with Crippen LogP contribution in [0.1, 0.15) is 22.2 Å². The van der Waals surface area contributed by atoms with Crippen LogP contribution in [0.5, 0.6) is 11.5 Å².